The Labute approximate surface area is 122 Å². The van der Waals surface area contributed by atoms with Gasteiger partial charge in [-0.25, -0.2) is 0 Å². The van der Waals surface area contributed by atoms with Crippen molar-refractivity contribution in [3.63, 3.8) is 0 Å². The zero-order valence-corrected chi connectivity index (χ0v) is 12.5. The highest BCUT2D eigenvalue weighted by atomic mass is 16.5. The highest BCUT2D eigenvalue weighted by Crippen LogP contribution is 2.53. The van der Waals surface area contributed by atoms with E-state index in [1.54, 1.807) is 0 Å². The smallest absolute Gasteiger partial charge is 0.0661 e. The monoisotopic (exact) mass is 274 g/mol. The van der Waals surface area contributed by atoms with Gasteiger partial charge in [0.1, 0.15) is 0 Å². The maximum absolute atomic E-state index is 6.00. The molecule has 2 atom stereocenters. The summed E-state index contributed by atoms with van der Waals surface area (Å²) in [6, 6.07) is 4.78. The molecule has 2 saturated carbocycles. The Hall–Kier alpha value is -0.930. The molecule has 3 heteroatoms. The van der Waals surface area contributed by atoms with Gasteiger partial charge in [-0.05, 0) is 37.8 Å². The molecule has 110 valence electrons. The van der Waals surface area contributed by atoms with Crippen molar-refractivity contribution in [2.24, 2.45) is 5.41 Å². The molecule has 1 N–H and O–H groups in total. The zero-order valence-electron chi connectivity index (χ0n) is 12.5. The quantitative estimate of drug-likeness (QED) is 0.894. The van der Waals surface area contributed by atoms with Crippen LogP contribution >= 0.6 is 0 Å². The Morgan fingerprint density at radius 2 is 2.20 bits per heavy atom. The predicted octanol–water partition coefficient (Wildman–Crippen LogP) is 3.30. The minimum Gasteiger partial charge on any atom is -0.378 e. The van der Waals surface area contributed by atoms with Gasteiger partial charge in [-0.2, -0.15) is 0 Å². The van der Waals surface area contributed by atoms with Gasteiger partial charge in [0.15, 0.2) is 0 Å². The van der Waals surface area contributed by atoms with Crippen molar-refractivity contribution in [3.8, 4) is 0 Å². The normalized spacial score (nSPS) is 28.2. The van der Waals surface area contributed by atoms with Gasteiger partial charge in [-0.3, -0.25) is 4.98 Å². The van der Waals surface area contributed by atoms with Crippen LogP contribution in [0.15, 0.2) is 24.5 Å². The van der Waals surface area contributed by atoms with E-state index in [0.29, 0.717) is 17.6 Å². The lowest BCUT2D eigenvalue weighted by Crippen LogP contribution is -2.64. The molecule has 1 spiro atoms. The van der Waals surface area contributed by atoms with Crippen molar-refractivity contribution in [1.82, 2.24) is 10.3 Å². The molecular formula is C17H26N2O. The fraction of sp³-hybridized carbons (Fsp3) is 0.706. The first-order chi connectivity index (χ1) is 9.85. The van der Waals surface area contributed by atoms with Crippen molar-refractivity contribution in [3.05, 3.63) is 30.1 Å². The number of aromatic nitrogens is 1. The Morgan fingerprint density at radius 1 is 1.35 bits per heavy atom. The first-order valence-corrected chi connectivity index (χ1v) is 8.09. The van der Waals surface area contributed by atoms with Gasteiger partial charge in [0.25, 0.3) is 0 Å². The van der Waals surface area contributed by atoms with E-state index in [0.717, 1.165) is 13.2 Å². The molecule has 0 radical (unpaired) electrons. The highest BCUT2D eigenvalue weighted by molar-refractivity contribution is 5.12. The van der Waals surface area contributed by atoms with Crippen LogP contribution < -0.4 is 5.32 Å². The van der Waals surface area contributed by atoms with Gasteiger partial charge in [-0.1, -0.05) is 25.3 Å². The van der Waals surface area contributed by atoms with Crippen LogP contribution in [0.4, 0.5) is 0 Å². The second-order valence-electron chi connectivity index (χ2n) is 6.27. The minimum atomic E-state index is 0.413. The Morgan fingerprint density at radius 3 is 2.90 bits per heavy atom. The van der Waals surface area contributed by atoms with Crippen LogP contribution in [0.5, 0.6) is 0 Å². The number of nitrogens with zero attached hydrogens (tertiary/aromatic N) is 1. The van der Waals surface area contributed by atoms with Gasteiger partial charge >= 0.3 is 0 Å². The van der Waals surface area contributed by atoms with Crippen LogP contribution in [0.1, 0.15) is 51.0 Å². The fourth-order valence-corrected chi connectivity index (χ4v) is 4.09. The van der Waals surface area contributed by atoms with E-state index in [1.807, 2.05) is 18.5 Å². The number of hydrogen-bond donors (Lipinski definition) is 1. The molecule has 3 nitrogen and oxygen atoms in total. The number of hydrogen-bond acceptors (Lipinski definition) is 3. The van der Waals surface area contributed by atoms with E-state index < -0.39 is 0 Å². The lowest BCUT2D eigenvalue weighted by Gasteiger charge is -2.58. The molecule has 0 aromatic carbocycles. The number of nitrogens with one attached hydrogen (secondary N) is 1. The maximum atomic E-state index is 6.00. The summed E-state index contributed by atoms with van der Waals surface area (Å²) in [7, 11) is 0. The summed E-state index contributed by atoms with van der Waals surface area (Å²) < 4.78 is 6.00. The van der Waals surface area contributed by atoms with E-state index in [2.05, 4.69) is 23.3 Å². The van der Waals surface area contributed by atoms with Crippen molar-refractivity contribution in [2.45, 2.75) is 64.1 Å². The molecule has 2 fully saturated rings. The molecule has 1 aromatic rings. The average molecular weight is 274 g/mol. The van der Waals surface area contributed by atoms with Crippen molar-refractivity contribution in [2.75, 3.05) is 6.61 Å². The van der Waals surface area contributed by atoms with Crippen molar-refractivity contribution < 1.29 is 4.74 Å². The molecule has 1 aromatic heterocycles. The van der Waals surface area contributed by atoms with E-state index in [1.165, 1.54) is 44.1 Å². The van der Waals surface area contributed by atoms with E-state index in [9.17, 15) is 0 Å². The standard InChI is InChI=1S/C17H26N2O/c1-2-20-16-11-15(17(16)8-4-3-5-9-17)19-13-14-7-6-10-18-12-14/h6-7,10,12,15-16,19H,2-5,8-9,11,13H2,1H3. The van der Waals surface area contributed by atoms with Gasteiger partial charge in [0, 0.05) is 37.0 Å². The van der Waals surface area contributed by atoms with Gasteiger partial charge in [0.05, 0.1) is 6.10 Å². The number of rotatable bonds is 5. The predicted molar refractivity (Wildman–Crippen MR) is 80.4 cm³/mol. The Bertz CT molecular complexity index is 414. The summed E-state index contributed by atoms with van der Waals surface area (Å²) >= 11 is 0. The lowest BCUT2D eigenvalue weighted by atomic mass is 9.55. The number of pyridine rings is 1. The second kappa shape index (κ2) is 6.23. The minimum absolute atomic E-state index is 0.413. The first-order valence-electron chi connectivity index (χ1n) is 8.09. The fourth-order valence-electron chi connectivity index (χ4n) is 4.09. The molecule has 0 bridgehead atoms. The van der Waals surface area contributed by atoms with Crippen LogP contribution in [0.25, 0.3) is 0 Å². The van der Waals surface area contributed by atoms with Crippen LogP contribution in [0, 0.1) is 5.41 Å². The molecule has 3 rings (SSSR count). The molecule has 2 unspecified atom stereocenters. The van der Waals surface area contributed by atoms with Gasteiger partial charge in [-0.15, -0.1) is 0 Å². The largest absolute Gasteiger partial charge is 0.378 e. The number of ether oxygens (including phenoxy) is 1. The van der Waals surface area contributed by atoms with Crippen LogP contribution in [-0.4, -0.2) is 23.7 Å². The molecule has 0 amide bonds. The van der Waals surface area contributed by atoms with Gasteiger partial charge in [0.2, 0.25) is 0 Å². The Balaban J connectivity index is 1.61. The summed E-state index contributed by atoms with van der Waals surface area (Å²) in [5.41, 5.74) is 1.69. The third kappa shape index (κ3) is 2.61. The lowest BCUT2D eigenvalue weighted by molar-refractivity contribution is -0.150. The SMILES string of the molecule is CCOC1CC(NCc2cccnc2)C12CCCCC2. The molecule has 2 aliphatic carbocycles. The second-order valence-corrected chi connectivity index (χ2v) is 6.27. The molecule has 20 heavy (non-hydrogen) atoms. The van der Waals surface area contributed by atoms with E-state index in [4.69, 9.17) is 4.74 Å². The Kier molecular flexibility index (Phi) is 4.37. The summed E-state index contributed by atoms with van der Waals surface area (Å²) in [6.07, 6.45) is 12.3. The summed E-state index contributed by atoms with van der Waals surface area (Å²) in [4.78, 5) is 4.19. The molecule has 1 heterocycles. The maximum Gasteiger partial charge on any atom is 0.0661 e. The van der Waals surface area contributed by atoms with Crippen LogP contribution in [0.3, 0.4) is 0 Å². The van der Waals surface area contributed by atoms with E-state index in [-0.39, 0.29) is 0 Å². The average Bonchev–Trinajstić information content (AvgIpc) is 2.52. The topological polar surface area (TPSA) is 34.1 Å². The molecular weight excluding hydrogens is 248 g/mol. The molecule has 2 aliphatic rings. The van der Waals surface area contributed by atoms with Gasteiger partial charge < -0.3 is 10.1 Å². The third-order valence-corrected chi connectivity index (χ3v) is 5.21. The summed E-state index contributed by atoms with van der Waals surface area (Å²) in [6.45, 7) is 3.90. The third-order valence-electron chi connectivity index (χ3n) is 5.21. The molecule has 0 saturated heterocycles. The van der Waals surface area contributed by atoms with Crippen LogP contribution in [0.2, 0.25) is 0 Å². The molecule has 0 aliphatic heterocycles. The summed E-state index contributed by atoms with van der Waals surface area (Å²) in [5, 5.41) is 3.76. The van der Waals surface area contributed by atoms with Crippen molar-refractivity contribution >= 4 is 0 Å². The highest BCUT2D eigenvalue weighted by Gasteiger charge is 2.55. The van der Waals surface area contributed by atoms with E-state index >= 15 is 0 Å². The van der Waals surface area contributed by atoms with Crippen LogP contribution in [-0.2, 0) is 11.3 Å². The van der Waals surface area contributed by atoms with Crippen molar-refractivity contribution in [1.29, 1.82) is 0 Å². The summed E-state index contributed by atoms with van der Waals surface area (Å²) in [5.74, 6) is 0. The first kappa shape index (κ1) is 14.0. The zero-order chi connectivity index (χ0) is 13.8.